The van der Waals surface area contributed by atoms with E-state index in [-0.39, 0.29) is 12.8 Å². The molecule has 0 aromatic heterocycles. The van der Waals surface area contributed by atoms with Crippen molar-refractivity contribution >= 4 is 13.6 Å². The summed E-state index contributed by atoms with van der Waals surface area (Å²) < 4.78 is 27.0. The molecule has 1 aliphatic heterocycles. The number of rotatable bonds is 6. The Labute approximate surface area is 125 Å². The topological polar surface area (TPSA) is 61.8 Å². The van der Waals surface area contributed by atoms with Crippen LogP contribution in [0.4, 0.5) is 0 Å². The lowest BCUT2D eigenvalue weighted by atomic mass is 9.98. The Hall–Kier alpha value is -1.16. The second-order valence-electron chi connectivity index (χ2n) is 5.07. The van der Waals surface area contributed by atoms with E-state index >= 15 is 0 Å². The Bertz CT molecular complexity index is 515. The van der Waals surface area contributed by atoms with Gasteiger partial charge in [0.15, 0.2) is 0 Å². The fourth-order valence-electron chi connectivity index (χ4n) is 2.04. The van der Waals surface area contributed by atoms with Crippen LogP contribution < -0.4 is 0 Å². The minimum atomic E-state index is -3.02. The second-order valence-corrected chi connectivity index (χ2v) is 7.25. The van der Waals surface area contributed by atoms with Crippen molar-refractivity contribution in [3.63, 3.8) is 0 Å². The van der Waals surface area contributed by atoms with E-state index in [0.29, 0.717) is 24.7 Å². The molecule has 0 N–H and O–H groups in total. The molecule has 0 saturated carbocycles. The first kappa shape index (κ1) is 16.2. The summed E-state index contributed by atoms with van der Waals surface area (Å²) in [7, 11) is -3.02. The summed E-state index contributed by atoms with van der Waals surface area (Å²) in [4.78, 5) is 11.9. The number of carbonyl (C=O) groups excluding carboxylic acids is 1. The van der Waals surface area contributed by atoms with Crippen LogP contribution in [0.1, 0.15) is 42.1 Å². The number of carbonyl (C=O) groups is 1. The van der Waals surface area contributed by atoms with Crippen molar-refractivity contribution in [3.05, 3.63) is 35.4 Å². The van der Waals surface area contributed by atoms with Gasteiger partial charge in [-0.05, 0) is 30.0 Å². The highest BCUT2D eigenvalue weighted by atomic mass is 31.2. The van der Waals surface area contributed by atoms with E-state index in [1.54, 1.807) is 12.1 Å². The predicted molar refractivity (Wildman–Crippen MR) is 79.8 cm³/mol. The summed E-state index contributed by atoms with van der Waals surface area (Å²) in [6.45, 7) is 4.97. The molecule has 0 radical (unpaired) electrons. The third-order valence-electron chi connectivity index (χ3n) is 3.59. The molecule has 6 heteroatoms. The minimum Gasteiger partial charge on any atom is -0.461 e. The van der Waals surface area contributed by atoms with Crippen LogP contribution in [0.5, 0.6) is 0 Å². The van der Waals surface area contributed by atoms with Gasteiger partial charge in [0.1, 0.15) is 6.61 Å². The van der Waals surface area contributed by atoms with E-state index in [2.05, 4.69) is 13.8 Å². The van der Waals surface area contributed by atoms with E-state index in [4.69, 9.17) is 13.8 Å². The number of hydrogen-bond acceptors (Lipinski definition) is 5. The molecule has 0 aliphatic carbocycles. The fourth-order valence-corrected chi connectivity index (χ4v) is 3.39. The van der Waals surface area contributed by atoms with Crippen molar-refractivity contribution in [2.75, 3.05) is 26.0 Å². The Morgan fingerprint density at radius 3 is 2.48 bits per heavy atom. The molecule has 0 bridgehead atoms. The van der Waals surface area contributed by atoms with Crippen molar-refractivity contribution < 1.29 is 23.1 Å². The molecule has 2 rings (SSSR count). The summed E-state index contributed by atoms with van der Waals surface area (Å²) in [6.07, 6.45) is 1.16. The van der Waals surface area contributed by atoms with Gasteiger partial charge in [-0.25, -0.2) is 4.79 Å². The molecule has 1 atom stereocenters. The van der Waals surface area contributed by atoms with Crippen LogP contribution in [-0.2, 0) is 18.3 Å². The molecule has 0 spiro atoms. The van der Waals surface area contributed by atoms with E-state index in [1.165, 1.54) is 5.56 Å². The van der Waals surface area contributed by atoms with Crippen LogP contribution in [0.25, 0.3) is 0 Å². The van der Waals surface area contributed by atoms with Gasteiger partial charge in [-0.15, -0.1) is 0 Å². The average Bonchev–Trinajstić information content (AvgIpc) is 2.93. The molecule has 1 unspecified atom stereocenters. The molecule has 1 saturated heterocycles. The largest absolute Gasteiger partial charge is 0.461 e. The maximum absolute atomic E-state index is 11.9. The molecule has 1 aliphatic rings. The molecular weight excluding hydrogens is 291 g/mol. The number of esters is 1. The first-order valence-electron chi connectivity index (χ1n) is 7.19. The summed E-state index contributed by atoms with van der Waals surface area (Å²) in [6, 6.07) is 7.40. The van der Waals surface area contributed by atoms with Gasteiger partial charge >= 0.3 is 13.6 Å². The van der Waals surface area contributed by atoms with E-state index < -0.39 is 13.6 Å². The Kier molecular flexibility index (Phi) is 5.57. The van der Waals surface area contributed by atoms with Crippen molar-refractivity contribution in [2.24, 2.45) is 0 Å². The van der Waals surface area contributed by atoms with E-state index in [9.17, 15) is 9.36 Å². The van der Waals surface area contributed by atoms with E-state index in [0.717, 1.165) is 6.42 Å². The SMILES string of the molecule is CCC(C)c1ccc(C(=O)OCCP2(=O)OCCO2)cc1. The van der Waals surface area contributed by atoms with Gasteiger partial charge in [-0.3, -0.25) is 4.57 Å². The van der Waals surface area contributed by atoms with Gasteiger partial charge in [0.2, 0.25) is 0 Å². The lowest BCUT2D eigenvalue weighted by Gasteiger charge is -2.11. The van der Waals surface area contributed by atoms with E-state index in [1.807, 2.05) is 12.1 Å². The zero-order valence-electron chi connectivity index (χ0n) is 12.4. The van der Waals surface area contributed by atoms with Crippen LogP contribution in [0.2, 0.25) is 0 Å². The molecule has 1 aromatic carbocycles. The first-order valence-corrected chi connectivity index (χ1v) is 8.92. The Balaban J connectivity index is 1.84. The maximum atomic E-state index is 11.9. The van der Waals surface area contributed by atoms with Gasteiger partial charge in [0.05, 0.1) is 24.9 Å². The molecule has 0 amide bonds. The predicted octanol–water partition coefficient (Wildman–Crippen LogP) is 3.60. The number of benzene rings is 1. The average molecular weight is 312 g/mol. The van der Waals surface area contributed by atoms with Crippen LogP contribution in [0, 0.1) is 0 Å². The summed E-state index contributed by atoms with van der Waals surface area (Å²) in [5.74, 6) is 0.0494. The van der Waals surface area contributed by atoms with Gasteiger partial charge < -0.3 is 13.8 Å². The lowest BCUT2D eigenvalue weighted by Crippen LogP contribution is -2.09. The Morgan fingerprint density at radius 2 is 1.90 bits per heavy atom. The molecule has 5 nitrogen and oxygen atoms in total. The molecule has 1 heterocycles. The fraction of sp³-hybridized carbons (Fsp3) is 0.533. The number of hydrogen-bond donors (Lipinski definition) is 0. The standard InChI is InChI=1S/C15H21O5P/c1-3-12(2)13-4-6-14(7-5-13)15(16)18-10-11-21(17)19-8-9-20-21/h4-7,12H,3,8-11H2,1-2H3. The van der Waals surface area contributed by atoms with Gasteiger partial charge in [-0.1, -0.05) is 26.0 Å². The molecule has 1 aromatic rings. The van der Waals surface area contributed by atoms with Crippen LogP contribution in [0.15, 0.2) is 24.3 Å². The van der Waals surface area contributed by atoms with Crippen LogP contribution in [0.3, 0.4) is 0 Å². The van der Waals surface area contributed by atoms with Gasteiger partial charge in [-0.2, -0.15) is 0 Å². The summed E-state index contributed by atoms with van der Waals surface area (Å²) >= 11 is 0. The molecule has 21 heavy (non-hydrogen) atoms. The van der Waals surface area contributed by atoms with Crippen molar-refractivity contribution in [1.82, 2.24) is 0 Å². The quantitative estimate of drug-likeness (QED) is 0.593. The molecule has 1 fully saturated rings. The monoisotopic (exact) mass is 312 g/mol. The van der Waals surface area contributed by atoms with Gasteiger partial charge in [0.25, 0.3) is 0 Å². The highest BCUT2D eigenvalue weighted by molar-refractivity contribution is 7.54. The third kappa shape index (κ3) is 4.40. The normalized spacial score (nSPS) is 18.4. The van der Waals surface area contributed by atoms with Crippen molar-refractivity contribution in [1.29, 1.82) is 0 Å². The zero-order chi connectivity index (χ0) is 15.3. The second kappa shape index (κ2) is 7.21. The highest BCUT2D eigenvalue weighted by Gasteiger charge is 2.30. The molecular formula is C15H21O5P. The van der Waals surface area contributed by atoms with Crippen molar-refractivity contribution in [2.45, 2.75) is 26.2 Å². The zero-order valence-corrected chi connectivity index (χ0v) is 13.3. The maximum Gasteiger partial charge on any atom is 0.338 e. The minimum absolute atomic E-state index is 0.0310. The van der Waals surface area contributed by atoms with Crippen LogP contribution in [-0.4, -0.2) is 32.0 Å². The smallest absolute Gasteiger partial charge is 0.338 e. The summed E-state index contributed by atoms with van der Waals surface area (Å²) in [5, 5.41) is 0. The summed E-state index contributed by atoms with van der Waals surface area (Å²) in [5.41, 5.74) is 1.69. The first-order chi connectivity index (χ1) is 10.0. The third-order valence-corrected chi connectivity index (χ3v) is 5.47. The Morgan fingerprint density at radius 1 is 1.29 bits per heavy atom. The van der Waals surface area contributed by atoms with Crippen LogP contribution >= 0.6 is 7.60 Å². The van der Waals surface area contributed by atoms with Gasteiger partial charge in [0, 0.05) is 0 Å². The highest BCUT2D eigenvalue weighted by Crippen LogP contribution is 2.51. The van der Waals surface area contributed by atoms with Crippen molar-refractivity contribution in [3.8, 4) is 0 Å². The number of ether oxygens (including phenoxy) is 1. The molecule has 116 valence electrons. The lowest BCUT2D eigenvalue weighted by molar-refractivity contribution is 0.0525.